The fourth-order valence-corrected chi connectivity index (χ4v) is 3.70. The number of alkyl halides is 6. The summed E-state index contributed by atoms with van der Waals surface area (Å²) in [6, 6.07) is 9.72. The Hall–Kier alpha value is -2.66. The Morgan fingerprint density at radius 3 is 2.26 bits per heavy atom. The highest BCUT2D eigenvalue weighted by atomic mass is 35.5. The molecular formula is C19H12ClF6N3OS. The number of nitrogens with one attached hydrogen (secondary N) is 1. The number of rotatable bonds is 4. The van der Waals surface area contributed by atoms with E-state index in [1.165, 1.54) is 19.2 Å². The molecule has 12 heteroatoms. The molecule has 0 saturated heterocycles. The SMILES string of the molecule is Cn1nc(C(F)(F)F)c(C(=O)Nc2cccc(C(F)(F)F)c2)c1Sc1ccc(Cl)cc1. The number of benzene rings is 2. The quantitative estimate of drug-likeness (QED) is 0.434. The molecule has 0 fully saturated rings. The van der Waals surface area contributed by atoms with Gasteiger partial charge in [0.1, 0.15) is 10.6 Å². The largest absolute Gasteiger partial charge is 0.436 e. The summed E-state index contributed by atoms with van der Waals surface area (Å²) < 4.78 is 80.2. The van der Waals surface area contributed by atoms with Crippen LogP contribution in [0.5, 0.6) is 0 Å². The van der Waals surface area contributed by atoms with Gasteiger partial charge in [-0.05, 0) is 42.5 Å². The van der Waals surface area contributed by atoms with Crippen LogP contribution in [0.4, 0.5) is 32.0 Å². The van der Waals surface area contributed by atoms with E-state index in [-0.39, 0.29) is 10.7 Å². The molecule has 4 nitrogen and oxygen atoms in total. The Morgan fingerprint density at radius 2 is 1.68 bits per heavy atom. The average Bonchev–Trinajstić information content (AvgIpc) is 3.00. The molecule has 1 aromatic heterocycles. The Morgan fingerprint density at radius 1 is 1.03 bits per heavy atom. The van der Waals surface area contributed by atoms with E-state index in [1.807, 2.05) is 0 Å². The normalized spacial score (nSPS) is 12.1. The molecule has 0 atom stereocenters. The summed E-state index contributed by atoms with van der Waals surface area (Å²) in [6.45, 7) is 0. The minimum absolute atomic E-state index is 0.140. The van der Waals surface area contributed by atoms with Gasteiger partial charge < -0.3 is 5.32 Å². The van der Waals surface area contributed by atoms with Crippen LogP contribution in [-0.4, -0.2) is 15.7 Å². The Balaban J connectivity index is 2.02. The number of hydrogen-bond donors (Lipinski definition) is 1. The molecule has 2 aromatic carbocycles. The molecule has 1 N–H and O–H groups in total. The number of carbonyl (C=O) groups is 1. The average molecular weight is 480 g/mol. The van der Waals surface area contributed by atoms with Crippen LogP contribution >= 0.6 is 23.4 Å². The van der Waals surface area contributed by atoms with Gasteiger partial charge in [-0.3, -0.25) is 9.48 Å². The first-order valence-electron chi connectivity index (χ1n) is 8.42. The van der Waals surface area contributed by atoms with E-state index in [9.17, 15) is 31.1 Å². The molecule has 3 rings (SSSR count). The second kappa shape index (κ2) is 8.46. The third-order valence-corrected chi connectivity index (χ3v) is 5.39. The topological polar surface area (TPSA) is 46.9 Å². The number of halogens is 7. The summed E-state index contributed by atoms with van der Waals surface area (Å²) >= 11 is 6.64. The molecule has 0 bridgehead atoms. The molecule has 0 aliphatic carbocycles. The smallest absolute Gasteiger partial charge is 0.322 e. The lowest BCUT2D eigenvalue weighted by molar-refractivity contribution is -0.141. The lowest BCUT2D eigenvalue weighted by Crippen LogP contribution is -2.19. The van der Waals surface area contributed by atoms with Gasteiger partial charge in [0.2, 0.25) is 0 Å². The summed E-state index contributed by atoms with van der Waals surface area (Å²) in [5, 5.41) is 5.79. The molecule has 1 heterocycles. The third kappa shape index (κ3) is 5.34. The van der Waals surface area contributed by atoms with Gasteiger partial charge in [-0.15, -0.1) is 0 Å². The van der Waals surface area contributed by atoms with Crippen molar-refractivity contribution in [2.75, 3.05) is 5.32 Å². The summed E-state index contributed by atoms with van der Waals surface area (Å²) in [7, 11) is 1.23. The first-order valence-corrected chi connectivity index (χ1v) is 9.62. The molecule has 0 spiro atoms. The minimum atomic E-state index is -4.96. The molecule has 3 aromatic rings. The fraction of sp³-hybridized carbons (Fsp3) is 0.158. The van der Waals surface area contributed by atoms with Crippen LogP contribution in [0, 0.1) is 0 Å². The molecule has 1 amide bonds. The van der Waals surface area contributed by atoms with Crippen LogP contribution in [0.15, 0.2) is 58.5 Å². The number of hydrogen-bond acceptors (Lipinski definition) is 3. The molecular weight excluding hydrogens is 468 g/mol. The zero-order chi connectivity index (χ0) is 23.0. The third-order valence-electron chi connectivity index (χ3n) is 3.97. The van der Waals surface area contributed by atoms with Crippen molar-refractivity contribution in [2.24, 2.45) is 7.05 Å². The number of aryl methyl sites for hydroxylation is 1. The van der Waals surface area contributed by atoms with E-state index in [2.05, 4.69) is 10.4 Å². The van der Waals surface area contributed by atoms with Crippen molar-refractivity contribution in [3.8, 4) is 0 Å². The minimum Gasteiger partial charge on any atom is -0.322 e. The van der Waals surface area contributed by atoms with Crippen LogP contribution < -0.4 is 5.32 Å². The van der Waals surface area contributed by atoms with Crippen molar-refractivity contribution in [3.63, 3.8) is 0 Å². The molecule has 164 valence electrons. The Bertz CT molecular complexity index is 1110. The van der Waals surface area contributed by atoms with E-state index in [1.54, 1.807) is 12.1 Å². The van der Waals surface area contributed by atoms with Gasteiger partial charge in [0.05, 0.1) is 5.56 Å². The maximum Gasteiger partial charge on any atom is 0.436 e. The van der Waals surface area contributed by atoms with E-state index in [0.717, 1.165) is 34.6 Å². The zero-order valence-corrected chi connectivity index (χ0v) is 17.0. The van der Waals surface area contributed by atoms with E-state index in [0.29, 0.717) is 16.0 Å². The molecule has 0 radical (unpaired) electrons. The predicted molar refractivity (Wildman–Crippen MR) is 103 cm³/mol. The van der Waals surface area contributed by atoms with Crippen molar-refractivity contribution >= 4 is 35.0 Å². The standard InChI is InChI=1S/C19H12ClF6N3OS/c1-29-17(31-13-7-5-11(20)6-8-13)14(15(28-29)19(24,25)26)16(30)27-12-4-2-3-10(9-12)18(21,22)23/h2-9H,1H3,(H,27,30). The molecule has 0 aliphatic rings. The summed E-state index contributed by atoms with van der Waals surface area (Å²) in [6.07, 6.45) is -9.64. The van der Waals surface area contributed by atoms with Crippen molar-refractivity contribution in [1.29, 1.82) is 0 Å². The van der Waals surface area contributed by atoms with E-state index < -0.39 is 35.1 Å². The van der Waals surface area contributed by atoms with Gasteiger partial charge in [0.15, 0.2) is 5.69 Å². The number of amides is 1. The molecule has 31 heavy (non-hydrogen) atoms. The molecule has 0 unspecified atom stereocenters. The van der Waals surface area contributed by atoms with Crippen LogP contribution in [0.1, 0.15) is 21.6 Å². The summed E-state index contributed by atoms with van der Waals surface area (Å²) in [5.41, 5.74) is -3.61. The van der Waals surface area contributed by atoms with Crippen LogP contribution in [0.3, 0.4) is 0 Å². The van der Waals surface area contributed by atoms with Crippen molar-refractivity contribution in [2.45, 2.75) is 22.3 Å². The van der Waals surface area contributed by atoms with E-state index in [4.69, 9.17) is 11.6 Å². The lowest BCUT2D eigenvalue weighted by atomic mass is 10.1. The lowest BCUT2D eigenvalue weighted by Gasteiger charge is -2.12. The van der Waals surface area contributed by atoms with E-state index >= 15 is 0 Å². The Kier molecular flexibility index (Phi) is 6.28. The zero-order valence-electron chi connectivity index (χ0n) is 15.5. The molecule has 0 aliphatic heterocycles. The highest BCUT2D eigenvalue weighted by molar-refractivity contribution is 7.99. The fourth-order valence-electron chi connectivity index (χ4n) is 2.61. The first-order chi connectivity index (χ1) is 14.4. The number of anilines is 1. The Labute approximate surface area is 181 Å². The van der Waals surface area contributed by atoms with Crippen molar-refractivity contribution < 1.29 is 31.1 Å². The number of nitrogens with zero attached hydrogens (tertiary/aromatic N) is 2. The predicted octanol–water partition coefficient (Wildman–Crippen LogP) is 6.51. The second-order valence-corrected chi connectivity index (χ2v) is 7.74. The number of aromatic nitrogens is 2. The highest BCUT2D eigenvalue weighted by Crippen LogP contribution is 2.39. The van der Waals surface area contributed by atoms with Gasteiger partial charge in [-0.25, -0.2) is 0 Å². The van der Waals surface area contributed by atoms with Crippen LogP contribution in [-0.2, 0) is 19.4 Å². The van der Waals surface area contributed by atoms with Crippen LogP contribution in [0.2, 0.25) is 5.02 Å². The van der Waals surface area contributed by atoms with Crippen LogP contribution in [0.25, 0.3) is 0 Å². The van der Waals surface area contributed by atoms with Gasteiger partial charge >= 0.3 is 12.4 Å². The number of carbonyl (C=O) groups excluding carboxylic acids is 1. The monoisotopic (exact) mass is 479 g/mol. The van der Waals surface area contributed by atoms with Gasteiger partial charge in [-0.2, -0.15) is 31.4 Å². The van der Waals surface area contributed by atoms with Gasteiger partial charge in [0, 0.05) is 22.7 Å². The second-order valence-electron chi connectivity index (χ2n) is 6.24. The highest BCUT2D eigenvalue weighted by Gasteiger charge is 2.41. The molecule has 0 saturated carbocycles. The van der Waals surface area contributed by atoms with Gasteiger partial charge in [-0.1, -0.05) is 29.4 Å². The van der Waals surface area contributed by atoms with Gasteiger partial charge in [0.25, 0.3) is 5.91 Å². The summed E-state index contributed by atoms with van der Waals surface area (Å²) in [4.78, 5) is 13.2. The maximum absolute atomic E-state index is 13.5. The van der Waals surface area contributed by atoms with Crippen molar-refractivity contribution in [1.82, 2.24) is 9.78 Å². The first kappa shape index (κ1) is 23.0. The maximum atomic E-state index is 13.5. The van der Waals surface area contributed by atoms with Crippen molar-refractivity contribution in [3.05, 3.63) is 70.4 Å². The summed E-state index contributed by atoms with van der Waals surface area (Å²) in [5.74, 6) is -1.24.